The molecule has 0 radical (unpaired) electrons. The molecular weight excluding hydrogens is 456 g/mol. The zero-order chi connectivity index (χ0) is 25.3. The fourth-order valence-corrected chi connectivity index (χ4v) is 5.36. The van der Waals surface area contributed by atoms with Crippen LogP contribution in [0.5, 0.6) is 0 Å². The molecule has 0 heterocycles. The van der Waals surface area contributed by atoms with Crippen LogP contribution in [-0.2, 0) is 0 Å². The lowest BCUT2D eigenvalue weighted by molar-refractivity contribution is 1.03. The van der Waals surface area contributed by atoms with Gasteiger partial charge in [-0.1, -0.05) is 109 Å². The van der Waals surface area contributed by atoms with Crippen molar-refractivity contribution in [1.29, 1.82) is 0 Å². The lowest BCUT2D eigenvalue weighted by Crippen LogP contribution is -1.92. The third-order valence-electron chi connectivity index (χ3n) is 7.28. The van der Waals surface area contributed by atoms with E-state index in [1.807, 2.05) is 18.2 Å². The summed E-state index contributed by atoms with van der Waals surface area (Å²) in [6, 6.07) is 36.5. The molecule has 0 amide bonds. The van der Waals surface area contributed by atoms with Gasteiger partial charge >= 0.3 is 0 Å². The first-order valence-electron chi connectivity index (χ1n) is 13.1. The molecule has 176 valence electrons. The van der Waals surface area contributed by atoms with Crippen LogP contribution in [0.3, 0.4) is 0 Å². The molecule has 1 aliphatic rings. The number of benzene rings is 6. The van der Waals surface area contributed by atoms with Crippen molar-refractivity contribution >= 4 is 43.1 Å². The van der Waals surface area contributed by atoms with Crippen LogP contribution in [0.1, 0.15) is 29.5 Å². The zero-order valence-electron chi connectivity index (χ0n) is 21.0. The Morgan fingerprint density at radius 3 is 1.39 bits per heavy atom. The molecule has 0 N–H and O–H groups in total. The summed E-state index contributed by atoms with van der Waals surface area (Å²) in [4.78, 5) is 0. The zero-order valence-corrected chi connectivity index (χ0v) is 21.0. The first kappa shape index (κ1) is 22.2. The van der Waals surface area contributed by atoms with E-state index in [4.69, 9.17) is 0 Å². The normalized spacial score (nSPS) is 12.7. The predicted molar refractivity (Wildman–Crippen MR) is 162 cm³/mol. The molecule has 0 atom stereocenters. The number of hydrogen-bond acceptors (Lipinski definition) is 0. The van der Waals surface area contributed by atoms with Crippen LogP contribution in [0.4, 0.5) is 0 Å². The Morgan fingerprint density at radius 2 is 0.921 bits per heavy atom. The van der Waals surface area contributed by atoms with Gasteiger partial charge in [-0.3, -0.25) is 0 Å². The summed E-state index contributed by atoms with van der Waals surface area (Å²) in [5.74, 6) is 14.1. The summed E-state index contributed by atoms with van der Waals surface area (Å²) in [5, 5.41) is 9.43. The van der Waals surface area contributed by atoms with Crippen molar-refractivity contribution < 1.29 is 0 Å². The summed E-state index contributed by atoms with van der Waals surface area (Å²) in [5.41, 5.74) is 4.22. The van der Waals surface area contributed by atoms with Gasteiger partial charge in [0.1, 0.15) is 0 Å². The maximum absolute atomic E-state index is 3.61. The molecule has 6 aromatic rings. The molecule has 0 heteroatoms. The first-order valence-corrected chi connectivity index (χ1v) is 13.1. The van der Waals surface area contributed by atoms with Crippen molar-refractivity contribution in [2.24, 2.45) is 0 Å². The SMILES string of the molecule is C(#Cc1c2cc3ccccc3cc2c(C#Cc2ccccc2)c2cc3ccccc3cc12)C1=CCCC=C1. The van der Waals surface area contributed by atoms with E-state index in [1.165, 1.54) is 21.5 Å². The Balaban J connectivity index is 1.63. The van der Waals surface area contributed by atoms with E-state index < -0.39 is 0 Å². The highest BCUT2D eigenvalue weighted by atomic mass is 14.2. The van der Waals surface area contributed by atoms with Crippen molar-refractivity contribution in [2.75, 3.05) is 0 Å². The van der Waals surface area contributed by atoms with Crippen molar-refractivity contribution in [3.8, 4) is 23.7 Å². The van der Waals surface area contributed by atoms with Crippen LogP contribution in [0.25, 0.3) is 43.1 Å². The summed E-state index contributed by atoms with van der Waals surface area (Å²) in [6.07, 6.45) is 8.73. The number of rotatable bonds is 0. The maximum atomic E-state index is 3.61. The average molecular weight is 481 g/mol. The van der Waals surface area contributed by atoms with Crippen LogP contribution in [0.2, 0.25) is 0 Å². The third kappa shape index (κ3) is 4.04. The molecule has 0 unspecified atom stereocenters. The van der Waals surface area contributed by atoms with Crippen molar-refractivity contribution in [3.63, 3.8) is 0 Å². The second-order valence-corrected chi connectivity index (χ2v) is 9.75. The Labute approximate surface area is 222 Å². The molecular formula is C38H24. The van der Waals surface area contributed by atoms with Gasteiger partial charge in [0.2, 0.25) is 0 Å². The van der Waals surface area contributed by atoms with E-state index in [0.29, 0.717) is 0 Å². The standard InChI is InChI=1S/C38H24/c1-3-11-27(12-4-1)19-21-33-35-23-29-15-7-9-17-31(29)25-37(35)34(22-20-28-13-5-2-6-14-28)38-26-32-18-10-8-16-30(32)24-36(33)38/h1,3-5,7-18,23-26H,2,6H2. The fraction of sp³-hybridized carbons (Fsp3) is 0.0526. The lowest BCUT2D eigenvalue weighted by Gasteiger charge is -2.14. The van der Waals surface area contributed by atoms with Crippen LogP contribution >= 0.6 is 0 Å². The van der Waals surface area contributed by atoms with Gasteiger partial charge < -0.3 is 0 Å². The number of allylic oxidation sites excluding steroid dienone is 4. The number of hydrogen-bond donors (Lipinski definition) is 0. The third-order valence-corrected chi connectivity index (χ3v) is 7.28. The van der Waals surface area contributed by atoms with Crippen LogP contribution in [0.15, 0.2) is 127 Å². The lowest BCUT2D eigenvalue weighted by atomic mass is 9.88. The largest absolute Gasteiger partial charge is 0.0830 e. The smallest absolute Gasteiger partial charge is 0.0407 e. The molecule has 0 nitrogen and oxygen atoms in total. The number of fused-ring (bicyclic) bond motifs is 4. The van der Waals surface area contributed by atoms with Gasteiger partial charge in [0.05, 0.1) is 0 Å². The monoisotopic (exact) mass is 480 g/mol. The topological polar surface area (TPSA) is 0 Å². The summed E-state index contributed by atoms with van der Waals surface area (Å²) < 4.78 is 0. The minimum absolute atomic E-state index is 1.01. The van der Waals surface area contributed by atoms with Gasteiger partial charge in [0, 0.05) is 22.3 Å². The van der Waals surface area contributed by atoms with E-state index in [0.717, 1.165) is 56.6 Å². The molecule has 0 bridgehead atoms. The minimum atomic E-state index is 1.01. The highest BCUT2D eigenvalue weighted by molar-refractivity contribution is 6.16. The Morgan fingerprint density at radius 1 is 0.447 bits per heavy atom. The highest BCUT2D eigenvalue weighted by Gasteiger charge is 2.14. The molecule has 38 heavy (non-hydrogen) atoms. The molecule has 1 aliphatic carbocycles. The molecule has 0 spiro atoms. The van der Waals surface area contributed by atoms with Gasteiger partial charge in [-0.25, -0.2) is 0 Å². The maximum Gasteiger partial charge on any atom is 0.0407 e. The van der Waals surface area contributed by atoms with E-state index in [2.05, 4.69) is 127 Å². The van der Waals surface area contributed by atoms with E-state index in [1.54, 1.807) is 0 Å². The van der Waals surface area contributed by atoms with Crippen LogP contribution in [0, 0.1) is 23.7 Å². The van der Waals surface area contributed by atoms with E-state index in [9.17, 15) is 0 Å². The van der Waals surface area contributed by atoms with Gasteiger partial charge in [-0.15, -0.1) is 0 Å². The molecule has 0 fully saturated rings. The average Bonchev–Trinajstić information content (AvgIpc) is 2.98. The molecule has 6 aromatic carbocycles. The Kier molecular flexibility index (Phi) is 5.51. The Bertz CT molecular complexity index is 1970. The summed E-state index contributed by atoms with van der Waals surface area (Å²) >= 11 is 0. The van der Waals surface area contributed by atoms with Crippen LogP contribution < -0.4 is 0 Å². The molecule has 0 saturated carbocycles. The molecule has 0 aromatic heterocycles. The van der Waals surface area contributed by atoms with Crippen molar-refractivity contribution in [2.45, 2.75) is 12.8 Å². The van der Waals surface area contributed by atoms with Crippen molar-refractivity contribution in [3.05, 3.63) is 144 Å². The molecule has 0 aliphatic heterocycles. The second-order valence-electron chi connectivity index (χ2n) is 9.75. The molecule has 0 saturated heterocycles. The van der Waals surface area contributed by atoms with Gasteiger partial charge in [-0.05, 0) is 92.3 Å². The Hall–Kier alpha value is -5.04. The van der Waals surface area contributed by atoms with Crippen LogP contribution in [-0.4, -0.2) is 0 Å². The van der Waals surface area contributed by atoms with E-state index in [-0.39, 0.29) is 0 Å². The highest BCUT2D eigenvalue weighted by Crippen LogP contribution is 2.37. The summed E-state index contributed by atoms with van der Waals surface area (Å²) in [6.45, 7) is 0. The summed E-state index contributed by atoms with van der Waals surface area (Å²) in [7, 11) is 0. The van der Waals surface area contributed by atoms with Gasteiger partial charge in [-0.2, -0.15) is 0 Å². The predicted octanol–water partition coefficient (Wildman–Crippen LogP) is 9.33. The van der Waals surface area contributed by atoms with Crippen molar-refractivity contribution in [1.82, 2.24) is 0 Å². The van der Waals surface area contributed by atoms with Gasteiger partial charge in [0.15, 0.2) is 0 Å². The van der Waals surface area contributed by atoms with Gasteiger partial charge in [0.25, 0.3) is 0 Å². The minimum Gasteiger partial charge on any atom is -0.0830 e. The second kappa shape index (κ2) is 9.44. The molecule has 7 rings (SSSR count). The quantitative estimate of drug-likeness (QED) is 0.150. The van der Waals surface area contributed by atoms with E-state index >= 15 is 0 Å². The fourth-order valence-electron chi connectivity index (χ4n) is 5.36. The first-order chi connectivity index (χ1) is 18.8.